The summed E-state index contributed by atoms with van der Waals surface area (Å²) in [5.41, 5.74) is 6.55. The van der Waals surface area contributed by atoms with Gasteiger partial charge in [0.1, 0.15) is 12.4 Å². The predicted molar refractivity (Wildman–Crippen MR) is 175 cm³/mol. The molecule has 0 fully saturated rings. The molecule has 0 aliphatic carbocycles. The number of aryl methyl sites for hydroxylation is 1. The highest BCUT2D eigenvalue weighted by Gasteiger charge is 2.27. The van der Waals surface area contributed by atoms with Gasteiger partial charge in [0.05, 0.1) is 41.9 Å². The molecule has 0 aromatic heterocycles. The average Bonchev–Trinajstić information content (AvgIpc) is 3.02. The van der Waals surface area contributed by atoms with E-state index in [0.717, 1.165) is 39.1 Å². The van der Waals surface area contributed by atoms with Gasteiger partial charge in [0, 0.05) is 22.9 Å². The van der Waals surface area contributed by atoms with Crippen LogP contribution in [0.2, 0.25) is 0 Å². The van der Waals surface area contributed by atoms with Crippen LogP contribution in [-0.4, -0.2) is 36.6 Å². The zero-order valence-electron chi connectivity index (χ0n) is 26.4. The molecule has 10 heteroatoms. The van der Waals surface area contributed by atoms with Crippen LogP contribution in [0.5, 0.6) is 17.2 Å². The zero-order chi connectivity index (χ0) is 33.2. The molecule has 1 N–H and O–H groups in total. The van der Waals surface area contributed by atoms with E-state index in [0.29, 0.717) is 11.5 Å². The molecule has 4 aromatic rings. The molecular formula is C36H34N2O8. The van der Waals surface area contributed by atoms with Crippen LogP contribution in [-0.2, 0) is 11.3 Å². The number of methoxy groups -OCH3 is 2. The second kappa shape index (κ2) is 12.8. The van der Waals surface area contributed by atoms with E-state index in [2.05, 4.69) is 25.2 Å². The smallest absolute Gasteiger partial charge is 0.343 e. The summed E-state index contributed by atoms with van der Waals surface area (Å²) in [5.74, 6) is -0.191. The molecule has 0 amide bonds. The predicted octanol–water partition coefficient (Wildman–Crippen LogP) is 7.77. The van der Waals surface area contributed by atoms with Crippen molar-refractivity contribution in [1.29, 1.82) is 0 Å². The second-order valence-corrected chi connectivity index (χ2v) is 11.5. The first kappa shape index (κ1) is 31.8. The number of anilines is 1. The van der Waals surface area contributed by atoms with Crippen molar-refractivity contribution >= 4 is 28.9 Å². The van der Waals surface area contributed by atoms with E-state index in [4.69, 9.17) is 18.9 Å². The van der Waals surface area contributed by atoms with Crippen LogP contribution in [0.15, 0.2) is 78.9 Å². The Bertz CT molecular complexity index is 1890. The van der Waals surface area contributed by atoms with Gasteiger partial charge in [-0.05, 0) is 92.4 Å². The fourth-order valence-corrected chi connectivity index (χ4v) is 5.70. The fourth-order valence-electron chi connectivity index (χ4n) is 5.70. The Labute approximate surface area is 266 Å². The first-order valence-corrected chi connectivity index (χ1v) is 14.5. The third-order valence-corrected chi connectivity index (χ3v) is 7.69. The lowest BCUT2D eigenvalue weighted by Crippen LogP contribution is -2.32. The number of rotatable bonds is 9. The number of nitro benzene ring substituents is 1. The van der Waals surface area contributed by atoms with E-state index < -0.39 is 16.9 Å². The van der Waals surface area contributed by atoms with Gasteiger partial charge in [0.2, 0.25) is 0 Å². The van der Waals surface area contributed by atoms with Crippen molar-refractivity contribution in [2.24, 2.45) is 0 Å². The van der Waals surface area contributed by atoms with Gasteiger partial charge in [-0.2, -0.15) is 0 Å². The summed E-state index contributed by atoms with van der Waals surface area (Å²) in [5, 5.41) is 15.0. The Morgan fingerprint density at radius 3 is 2.26 bits per heavy atom. The van der Waals surface area contributed by atoms with Gasteiger partial charge in [0.25, 0.3) is 5.69 Å². The third kappa shape index (κ3) is 6.56. The molecule has 4 aromatic carbocycles. The van der Waals surface area contributed by atoms with Crippen molar-refractivity contribution in [2.75, 3.05) is 19.5 Å². The van der Waals surface area contributed by atoms with Crippen LogP contribution >= 0.6 is 0 Å². The van der Waals surface area contributed by atoms with Crippen LogP contribution in [0.1, 0.15) is 58.2 Å². The first-order valence-electron chi connectivity index (χ1n) is 14.5. The lowest BCUT2D eigenvalue weighted by atomic mass is 9.84. The van der Waals surface area contributed by atoms with Gasteiger partial charge in [-0.15, -0.1) is 0 Å². The number of carbonyl (C=O) groups is 2. The molecule has 0 bridgehead atoms. The van der Waals surface area contributed by atoms with Crippen LogP contribution in [0.4, 0.5) is 11.4 Å². The summed E-state index contributed by atoms with van der Waals surface area (Å²) < 4.78 is 22.1. The molecular weight excluding hydrogens is 588 g/mol. The maximum atomic E-state index is 12.9. The number of allylic oxidation sites excluding steroid dienone is 1. The first-order chi connectivity index (χ1) is 21.9. The number of benzene rings is 4. The Hall–Kier alpha value is -5.64. The topological polar surface area (TPSA) is 126 Å². The molecule has 0 saturated carbocycles. The van der Waals surface area contributed by atoms with Crippen LogP contribution in [0, 0.1) is 17.0 Å². The van der Waals surface area contributed by atoms with Gasteiger partial charge in [-0.1, -0.05) is 24.3 Å². The molecule has 1 heterocycles. The third-order valence-electron chi connectivity index (χ3n) is 7.69. The number of ether oxygens (including phenoxy) is 4. The average molecular weight is 623 g/mol. The monoisotopic (exact) mass is 622 g/mol. The highest BCUT2D eigenvalue weighted by atomic mass is 16.6. The molecule has 10 nitrogen and oxygen atoms in total. The summed E-state index contributed by atoms with van der Waals surface area (Å²) in [6.07, 6.45) is 2.15. The van der Waals surface area contributed by atoms with Crippen molar-refractivity contribution in [3.8, 4) is 28.4 Å². The minimum Gasteiger partial charge on any atom is -0.493 e. The number of fused-ring (bicyclic) bond motifs is 1. The normalized spacial score (nSPS) is 13.0. The van der Waals surface area contributed by atoms with Crippen molar-refractivity contribution < 1.29 is 33.5 Å². The van der Waals surface area contributed by atoms with E-state index in [1.165, 1.54) is 38.5 Å². The van der Waals surface area contributed by atoms with Gasteiger partial charge in [-0.3, -0.25) is 10.1 Å². The van der Waals surface area contributed by atoms with Crippen LogP contribution in [0.25, 0.3) is 16.7 Å². The summed E-state index contributed by atoms with van der Waals surface area (Å²) in [4.78, 5) is 35.8. The number of esters is 2. The quantitative estimate of drug-likeness (QED) is 0.0862. The molecule has 1 aliphatic heterocycles. The number of nitrogens with one attached hydrogen (secondary N) is 1. The highest BCUT2D eigenvalue weighted by Crippen LogP contribution is 2.42. The van der Waals surface area contributed by atoms with E-state index in [-0.39, 0.29) is 34.7 Å². The molecule has 0 spiro atoms. The molecule has 0 unspecified atom stereocenters. The molecule has 236 valence electrons. The largest absolute Gasteiger partial charge is 0.493 e. The Balaban J connectivity index is 1.51. The lowest BCUT2D eigenvalue weighted by Gasteiger charge is -2.33. The van der Waals surface area contributed by atoms with E-state index in [1.807, 2.05) is 32.0 Å². The Morgan fingerprint density at radius 1 is 0.870 bits per heavy atom. The number of hydrogen-bond donors (Lipinski definition) is 1. The van der Waals surface area contributed by atoms with Gasteiger partial charge < -0.3 is 24.3 Å². The van der Waals surface area contributed by atoms with E-state index >= 15 is 0 Å². The van der Waals surface area contributed by atoms with Crippen LogP contribution < -0.4 is 19.5 Å². The molecule has 1 aliphatic rings. The molecule has 46 heavy (non-hydrogen) atoms. The fraction of sp³-hybridized carbons (Fsp3) is 0.222. The number of non-ortho nitro benzene ring substituents is 1. The maximum Gasteiger partial charge on any atom is 0.343 e. The van der Waals surface area contributed by atoms with E-state index in [1.54, 1.807) is 30.3 Å². The highest BCUT2D eigenvalue weighted by molar-refractivity contribution is 5.96. The number of hydrogen-bond acceptors (Lipinski definition) is 9. The minimum atomic E-state index is -0.610. The van der Waals surface area contributed by atoms with Gasteiger partial charge in [0.15, 0.2) is 11.5 Å². The SMILES string of the molecule is COC(=O)c1cccc(C(=O)Oc2ccc(-c3ccc4c(c3COc3cc([N+](=O)[O-])ccc3OC)C(C)=CC(C)(C)N4)c(C)c2)c1. The standard InChI is InChI=1S/C36H34N2O8/c1-21-16-26(46-35(40)24-9-7-8-23(17-24)34(39)44-6)11-12-27(21)28-13-14-30-33(22(2)19-36(3,4)37-30)29(28)20-45-32-18-25(38(41)42)10-15-31(32)43-5/h7-19,37H,20H2,1-6H3. The van der Waals surface area contributed by atoms with Crippen LogP contribution in [0.3, 0.4) is 0 Å². The van der Waals surface area contributed by atoms with Crippen molar-refractivity contribution in [1.82, 2.24) is 0 Å². The van der Waals surface area contributed by atoms with Crippen molar-refractivity contribution in [2.45, 2.75) is 39.8 Å². The minimum absolute atomic E-state index is 0.0933. The number of nitro groups is 1. The Kier molecular flexibility index (Phi) is 8.82. The molecule has 5 rings (SSSR count). The molecule has 0 radical (unpaired) electrons. The lowest BCUT2D eigenvalue weighted by molar-refractivity contribution is -0.385. The van der Waals surface area contributed by atoms with Crippen molar-refractivity contribution in [3.05, 3.63) is 117 Å². The van der Waals surface area contributed by atoms with Gasteiger partial charge >= 0.3 is 11.9 Å². The summed E-state index contributed by atoms with van der Waals surface area (Å²) in [7, 11) is 2.76. The number of carbonyl (C=O) groups excluding carboxylic acids is 2. The van der Waals surface area contributed by atoms with E-state index in [9.17, 15) is 19.7 Å². The molecule has 0 atom stereocenters. The van der Waals surface area contributed by atoms with Gasteiger partial charge in [-0.25, -0.2) is 9.59 Å². The summed E-state index contributed by atoms with van der Waals surface area (Å²) in [6, 6.07) is 19.8. The van der Waals surface area contributed by atoms with Crippen molar-refractivity contribution in [3.63, 3.8) is 0 Å². The second-order valence-electron chi connectivity index (χ2n) is 11.5. The number of nitrogens with zero attached hydrogens (tertiary/aromatic N) is 1. The zero-order valence-corrected chi connectivity index (χ0v) is 26.4. The maximum absolute atomic E-state index is 12.9. The Morgan fingerprint density at radius 2 is 1.59 bits per heavy atom. The molecule has 0 saturated heterocycles. The summed E-state index contributed by atoms with van der Waals surface area (Å²) in [6.45, 7) is 8.24. The summed E-state index contributed by atoms with van der Waals surface area (Å²) >= 11 is 0.